The molecular formula is C17H14N2OS. The molecule has 2 aromatic heterocycles. The standard InChI is InChI=1S/C17H14N2OS/c1-12-7-8-14(10-18-12)17-19-15(11-21-17)9-16(20)13-5-3-2-4-6-13/h2-8,10-11H,9H2,1H3. The topological polar surface area (TPSA) is 42.9 Å². The van der Waals surface area contributed by atoms with Gasteiger partial charge in [-0.05, 0) is 19.1 Å². The zero-order valence-corrected chi connectivity index (χ0v) is 12.4. The van der Waals surface area contributed by atoms with Gasteiger partial charge in [-0.25, -0.2) is 4.98 Å². The Balaban J connectivity index is 1.76. The van der Waals surface area contributed by atoms with Crippen molar-refractivity contribution in [2.45, 2.75) is 13.3 Å². The first-order valence-electron chi connectivity index (χ1n) is 6.68. The summed E-state index contributed by atoms with van der Waals surface area (Å²) >= 11 is 1.54. The minimum atomic E-state index is 0.0921. The number of hydrogen-bond acceptors (Lipinski definition) is 4. The summed E-state index contributed by atoms with van der Waals surface area (Å²) in [6.07, 6.45) is 2.15. The van der Waals surface area contributed by atoms with Gasteiger partial charge in [0.05, 0.1) is 12.1 Å². The number of Topliss-reactive ketones (excluding diaryl/α,β-unsaturated/α-hetero) is 1. The van der Waals surface area contributed by atoms with Crippen LogP contribution in [0.5, 0.6) is 0 Å². The van der Waals surface area contributed by atoms with E-state index in [2.05, 4.69) is 9.97 Å². The molecule has 3 rings (SSSR count). The number of ketones is 1. The van der Waals surface area contributed by atoms with Crippen LogP contribution >= 0.6 is 11.3 Å². The van der Waals surface area contributed by atoms with E-state index in [4.69, 9.17) is 0 Å². The van der Waals surface area contributed by atoms with Gasteiger partial charge in [-0.3, -0.25) is 9.78 Å². The molecule has 1 aromatic carbocycles. The van der Waals surface area contributed by atoms with Crippen LogP contribution in [0.15, 0.2) is 54.0 Å². The number of aromatic nitrogens is 2. The second kappa shape index (κ2) is 5.97. The maximum Gasteiger partial charge on any atom is 0.168 e. The fourth-order valence-electron chi connectivity index (χ4n) is 2.01. The highest BCUT2D eigenvalue weighted by molar-refractivity contribution is 7.13. The summed E-state index contributed by atoms with van der Waals surface area (Å²) in [7, 11) is 0. The van der Waals surface area contributed by atoms with Crippen LogP contribution in [0.2, 0.25) is 0 Å². The molecule has 0 aliphatic heterocycles. The highest BCUT2D eigenvalue weighted by Crippen LogP contribution is 2.23. The Kier molecular flexibility index (Phi) is 3.88. The highest BCUT2D eigenvalue weighted by Gasteiger charge is 2.10. The fourth-order valence-corrected chi connectivity index (χ4v) is 2.82. The first-order chi connectivity index (χ1) is 10.2. The molecule has 0 aliphatic carbocycles. The van der Waals surface area contributed by atoms with E-state index < -0.39 is 0 Å². The van der Waals surface area contributed by atoms with E-state index in [-0.39, 0.29) is 5.78 Å². The van der Waals surface area contributed by atoms with Crippen LogP contribution in [-0.2, 0) is 6.42 Å². The van der Waals surface area contributed by atoms with Gasteiger partial charge in [0.25, 0.3) is 0 Å². The molecule has 21 heavy (non-hydrogen) atoms. The second-order valence-corrected chi connectivity index (χ2v) is 5.66. The van der Waals surface area contributed by atoms with Crippen LogP contribution in [0.1, 0.15) is 21.7 Å². The van der Waals surface area contributed by atoms with E-state index in [1.165, 1.54) is 0 Å². The third kappa shape index (κ3) is 3.23. The molecule has 0 N–H and O–H groups in total. The maximum atomic E-state index is 12.2. The Morgan fingerprint density at radius 3 is 2.67 bits per heavy atom. The van der Waals surface area contributed by atoms with Crippen molar-refractivity contribution >= 4 is 17.1 Å². The number of thiazole rings is 1. The summed E-state index contributed by atoms with van der Waals surface area (Å²) < 4.78 is 0. The van der Waals surface area contributed by atoms with E-state index in [0.29, 0.717) is 6.42 Å². The Labute approximate surface area is 127 Å². The predicted octanol–water partition coefficient (Wildman–Crippen LogP) is 3.94. The van der Waals surface area contributed by atoms with Gasteiger partial charge < -0.3 is 0 Å². The summed E-state index contributed by atoms with van der Waals surface area (Å²) in [5, 5.41) is 2.84. The van der Waals surface area contributed by atoms with Crippen molar-refractivity contribution in [3.63, 3.8) is 0 Å². The molecule has 0 atom stereocenters. The molecule has 0 amide bonds. The molecule has 0 spiro atoms. The minimum absolute atomic E-state index is 0.0921. The predicted molar refractivity (Wildman–Crippen MR) is 84.6 cm³/mol. The normalized spacial score (nSPS) is 10.5. The summed E-state index contributed by atoms with van der Waals surface area (Å²) in [5.41, 5.74) is 3.51. The van der Waals surface area contributed by atoms with Gasteiger partial charge in [-0.2, -0.15) is 0 Å². The Morgan fingerprint density at radius 2 is 1.95 bits per heavy atom. The molecule has 4 heteroatoms. The first kappa shape index (κ1) is 13.6. The molecule has 3 aromatic rings. The zero-order valence-electron chi connectivity index (χ0n) is 11.6. The number of hydrogen-bond donors (Lipinski definition) is 0. The third-order valence-electron chi connectivity index (χ3n) is 3.15. The zero-order chi connectivity index (χ0) is 14.7. The molecule has 0 saturated carbocycles. The molecule has 0 saturated heterocycles. The molecule has 0 radical (unpaired) electrons. The van der Waals surface area contributed by atoms with Crippen molar-refractivity contribution in [1.29, 1.82) is 0 Å². The van der Waals surface area contributed by atoms with Gasteiger partial charge in [0.15, 0.2) is 5.78 Å². The number of benzene rings is 1. The highest BCUT2D eigenvalue weighted by atomic mass is 32.1. The summed E-state index contributed by atoms with van der Waals surface area (Å²) in [5.74, 6) is 0.0921. The average Bonchev–Trinajstić information content (AvgIpc) is 2.97. The third-order valence-corrected chi connectivity index (χ3v) is 4.09. The van der Waals surface area contributed by atoms with E-state index in [1.54, 1.807) is 11.3 Å². The number of pyridine rings is 1. The van der Waals surface area contributed by atoms with Gasteiger partial charge in [0.2, 0.25) is 0 Å². The Morgan fingerprint density at radius 1 is 1.14 bits per heavy atom. The van der Waals surface area contributed by atoms with Crippen LogP contribution in [0.3, 0.4) is 0 Å². The first-order valence-corrected chi connectivity index (χ1v) is 7.56. The van der Waals surface area contributed by atoms with Crippen LogP contribution in [-0.4, -0.2) is 15.8 Å². The van der Waals surface area contributed by atoms with Crippen molar-refractivity contribution in [3.8, 4) is 10.6 Å². The lowest BCUT2D eigenvalue weighted by atomic mass is 10.1. The van der Waals surface area contributed by atoms with E-state index in [1.807, 2.05) is 61.0 Å². The summed E-state index contributed by atoms with van der Waals surface area (Å²) in [4.78, 5) is 21.0. The number of carbonyl (C=O) groups is 1. The number of aryl methyl sites for hydroxylation is 1. The van der Waals surface area contributed by atoms with Gasteiger partial charge in [-0.15, -0.1) is 11.3 Å². The van der Waals surface area contributed by atoms with Gasteiger partial charge in [-0.1, -0.05) is 30.3 Å². The smallest absolute Gasteiger partial charge is 0.168 e. The van der Waals surface area contributed by atoms with E-state index in [0.717, 1.165) is 27.5 Å². The van der Waals surface area contributed by atoms with Crippen molar-refractivity contribution < 1.29 is 4.79 Å². The Hall–Kier alpha value is -2.33. The SMILES string of the molecule is Cc1ccc(-c2nc(CC(=O)c3ccccc3)cs2)cn1. The average molecular weight is 294 g/mol. The molecular weight excluding hydrogens is 280 g/mol. The van der Waals surface area contributed by atoms with Crippen LogP contribution in [0.25, 0.3) is 10.6 Å². The van der Waals surface area contributed by atoms with E-state index in [9.17, 15) is 4.79 Å². The lowest BCUT2D eigenvalue weighted by Crippen LogP contribution is -2.03. The number of carbonyl (C=O) groups excluding carboxylic acids is 1. The van der Waals surface area contributed by atoms with Crippen LogP contribution in [0.4, 0.5) is 0 Å². The number of rotatable bonds is 4. The molecule has 0 fully saturated rings. The molecule has 3 nitrogen and oxygen atoms in total. The monoisotopic (exact) mass is 294 g/mol. The van der Waals surface area contributed by atoms with Gasteiger partial charge >= 0.3 is 0 Å². The Bertz CT molecular complexity index is 748. The lowest BCUT2D eigenvalue weighted by molar-refractivity contribution is 0.0992. The second-order valence-electron chi connectivity index (χ2n) is 4.80. The van der Waals surface area contributed by atoms with Crippen LogP contribution in [0, 0.1) is 6.92 Å². The number of nitrogens with zero attached hydrogens (tertiary/aromatic N) is 2. The minimum Gasteiger partial charge on any atom is -0.294 e. The molecule has 2 heterocycles. The van der Waals surface area contributed by atoms with Crippen molar-refractivity contribution in [2.75, 3.05) is 0 Å². The summed E-state index contributed by atoms with van der Waals surface area (Å²) in [6, 6.07) is 13.3. The summed E-state index contributed by atoms with van der Waals surface area (Å²) in [6.45, 7) is 1.95. The van der Waals surface area contributed by atoms with Crippen molar-refractivity contribution in [2.24, 2.45) is 0 Å². The van der Waals surface area contributed by atoms with Crippen LogP contribution < -0.4 is 0 Å². The molecule has 0 aliphatic rings. The molecule has 0 unspecified atom stereocenters. The van der Waals surface area contributed by atoms with Crippen molar-refractivity contribution in [3.05, 3.63) is 71.0 Å². The molecule has 0 bridgehead atoms. The van der Waals surface area contributed by atoms with Gasteiger partial charge in [0.1, 0.15) is 5.01 Å². The maximum absolute atomic E-state index is 12.2. The fraction of sp³-hybridized carbons (Fsp3) is 0.118. The van der Waals surface area contributed by atoms with Gasteiger partial charge in [0, 0.05) is 28.4 Å². The van der Waals surface area contributed by atoms with E-state index >= 15 is 0 Å². The molecule has 104 valence electrons. The van der Waals surface area contributed by atoms with Crippen molar-refractivity contribution in [1.82, 2.24) is 9.97 Å². The largest absolute Gasteiger partial charge is 0.294 e. The lowest BCUT2D eigenvalue weighted by Gasteiger charge is -1.98. The quantitative estimate of drug-likeness (QED) is 0.684.